The average Bonchev–Trinajstić information content (AvgIpc) is 3.30. The number of benzene rings is 1. The maximum absolute atomic E-state index is 6.54. The van der Waals surface area contributed by atoms with Crippen LogP contribution in [0.5, 0.6) is 0 Å². The van der Waals surface area contributed by atoms with Crippen LogP contribution >= 0.6 is 0 Å². The van der Waals surface area contributed by atoms with E-state index >= 15 is 0 Å². The van der Waals surface area contributed by atoms with Gasteiger partial charge in [0.2, 0.25) is 0 Å². The van der Waals surface area contributed by atoms with Crippen molar-refractivity contribution in [2.24, 2.45) is 34.5 Å². The summed E-state index contributed by atoms with van der Waals surface area (Å²) in [6.07, 6.45) is 12.0. The molecule has 1 spiro atoms. The maximum Gasteiger partial charge on any atom is 0.169 e. The van der Waals surface area contributed by atoms with E-state index < -0.39 is 5.79 Å². The van der Waals surface area contributed by atoms with E-state index in [0.717, 1.165) is 51.6 Å². The van der Waals surface area contributed by atoms with Crippen molar-refractivity contribution in [1.29, 1.82) is 0 Å². The number of ether oxygens (including phenoxy) is 4. The van der Waals surface area contributed by atoms with Crippen LogP contribution in [-0.2, 0) is 18.9 Å². The summed E-state index contributed by atoms with van der Waals surface area (Å²) in [5, 5.41) is 0. The summed E-state index contributed by atoms with van der Waals surface area (Å²) in [5.74, 6) is 2.66. The molecule has 0 aromatic heterocycles. The van der Waals surface area contributed by atoms with Gasteiger partial charge in [-0.25, -0.2) is 0 Å². The molecule has 1 aromatic rings. The van der Waals surface area contributed by atoms with Crippen molar-refractivity contribution in [1.82, 2.24) is 0 Å². The van der Waals surface area contributed by atoms with Gasteiger partial charge in [0, 0.05) is 30.1 Å². The van der Waals surface area contributed by atoms with Crippen LogP contribution in [0.1, 0.15) is 109 Å². The highest BCUT2D eigenvalue weighted by atomic mass is 16.7. The normalized spacial score (nSPS) is 39.6. The van der Waals surface area contributed by atoms with Crippen molar-refractivity contribution in [3.05, 3.63) is 59.2 Å². The maximum atomic E-state index is 6.54. The molecule has 2 heterocycles. The lowest BCUT2D eigenvalue weighted by Crippen LogP contribution is -2.51. The van der Waals surface area contributed by atoms with Gasteiger partial charge in [-0.2, -0.15) is 0 Å². The predicted molar refractivity (Wildman–Crippen MR) is 163 cm³/mol. The van der Waals surface area contributed by atoms with Gasteiger partial charge in [-0.05, 0) is 92.6 Å². The first kappa shape index (κ1) is 28.3. The lowest BCUT2D eigenvalue weighted by Gasteiger charge is -2.55. The zero-order chi connectivity index (χ0) is 28.6. The van der Waals surface area contributed by atoms with Gasteiger partial charge in [-0.3, -0.25) is 0 Å². The molecular weight excluding hydrogens is 508 g/mol. The van der Waals surface area contributed by atoms with Gasteiger partial charge >= 0.3 is 0 Å². The number of rotatable bonds is 3. The Labute approximate surface area is 248 Å². The van der Waals surface area contributed by atoms with Gasteiger partial charge in [0.25, 0.3) is 0 Å². The van der Waals surface area contributed by atoms with Crippen molar-refractivity contribution in [3.63, 3.8) is 0 Å². The first-order chi connectivity index (χ1) is 19.5. The van der Waals surface area contributed by atoms with Crippen molar-refractivity contribution < 1.29 is 18.9 Å². The highest BCUT2D eigenvalue weighted by Gasteiger charge is 2.57. The van der Waals surface area contributed by atoms with Crippen LogP contribution in [0, 0.1) is 34.5 Å². The second-order valence-corrected chi connectivity index (χ2v) is 15.9. The van der Waals surface area contributed by atoms with Crippen molar-refractivity contribution in [2.75, 3.05) is 26.4 Å². The molecule has 4 aliphatic carbocycles. The van der Waals surface area contributed by atoms with Gasteiger partial charge in [0.05, 0.1) is 26.4 Å². The molecule has 6 atom stereocenters. The minimum Gasteiger partial charge on any atom is -0.350 e. The summed E-state index contributed by atoms with van der Waals surface area (Å²) in [4.78, 5) is 0. The van der Waals surface area contributed by atoms with Crippen LogP contribution < -0.4 is 0 Å². The molecule has 0 bridgehead atoms. The molecule has 5 fully saturated rings. The fourth-order valence-corrected chi connectivity index (χ4v) is 9.84. The molecule has 0 N–H and O–H groups in total. The fourth-order valence-electron chi connectivity index (χ4n) is 9.84. The first-order valence-corrected chi connectivity index (χ1v) is 16.5. The quantitative estimate of drug-likeness (QED) is 0.347. The van der Waals surface area contributed by atoms with Crippen LogP contribution in [0.3, 0.4) is 0 Å². The summed E-state index contributed by atoms with van der Waals surface area (Å²) in [7, 11) is 0. The molecule has 3 saturated carbocycles. The highest BCUT2D eigenvalue weighted by molar-refractivity contribution is 5.42. The summed E-state index contributed by atoms with van der Waals surface area (Å²) >= 11 is 0. The Kier molecular flexibility index (Phi) is 6.94. The first-order valence-electron chi connectivity index (χ1n) is 16.5. The van der Waals surface area contributed by atoms with E-state index in [4.69, 9.17) is 18.9 Å². The molecule has 4 nitrogen and oxygen atoms in total. The van der Waals surface area contributed by atoms with Crippen LogP contribution in [0.15, 0.2) is 48.1 Å². The van der Waals surface area contributed by atoms with E-state index in [1.54, 1.807) is 5.57 Å². The predicted octanol–water partition coefficient (Wildman–Crippen LogP) is 8.53. The Hall–Kier alpha value is -1.46. The number of fused-ring (bicyclic) bond motifs is 4. The molecule has 224 valence electrons. The third-order valence-electron chi connectivity index (χ3n) is 12.2. The van der Waals surface area contributed by atoms with Crippen LogP contribution in [-0.4, -0.2) is 38.0 Å². The van der Waals surface area contributed by atoms with E-state index in [2.05, 4.69) is 57.7 Å². The topological polar surface area (TPSA) is 36.9 Å². The molecule has 2 aliphatic heterocycles. The van der Waals surface area contributed by atoms with E-state index in [-0.39, 0.29) is 11.2 Å². The van der Waals surface area contributed by atoms with Gasteiger partial charge in [0.15, 0.2) is 11.6 Å². The molecule has 41 heavy (non-hydrogen) atoms. The molecule has 4 heteroatoms. The van der Waals surface area contributed by atoms with E-state index in [0.29, 0.717) is 35.0 Å². The number of hydrogen-bond donors (Lipinski definition) is 0. The number of hydrogen-bond acceptors (Lipinski definition) is 4. The van der Waals surface area contributed by atoms with Crippen molar-refractivity contribution in [2.45, 2.75) is 109 Å². The monoisotopic (exact) mass is 560 g/mol. The standard InChI is InChI=1S/C37H52O4/c1-7-28-13-15-32-30-14-12-26-18-37(40-22-34(2,3)23-41-37)17-16-29(26)33(30)31(19-36(28,32)6)25-10-8-24(9-11-25)27-20-38-35(4,5)39-21-27/h7-11,26-28,30-32H,1,12-23H2,2-6H3. The van der Waals surface area contributed by atoms with Gasteiger partial charge in [0.1, 0.15) is 0 Å². The molecular formula is C37H52O4. The summed E-state index contributed by atoms with van der Waals surface area (Å²) in [6, 6.07) is 9.60. The van der Waals surface area contributed by atoms with Crippen molar-refractivity contribution in [3.8, 4) is 0 Å². The lowest BCUT2D eigenvalue weighted by atomic mass is 9.51. The molecule has 7 rings (SSSR count). The second-order valence-electron chi connectivity index (χ2n) is 15.9. The molecule has 0 radical (unpaired) electrons. The molecule has 6 aliphatic rings. The van der Waals surface area contributed by atoms with Gasteiger partial charge in [-0.1, -0.05) is 62.3 Å². The minimum atomic E-state index is -0.476. The van der Waals surface area contributed by atoms with Crippen LogP contribution in [0.2, 0.25) is 0 Å². The Morgan fingerprint density at radius 3 is 2.15 bits per heavy atom. The molecule has 2 saturated heterocycles. The Morgan fingerprint density at radius 2 is 1.46 bits per heavy atom. The van der Waals surface area contributed by atoms with Gasteiger partial charge in [-0.15, -0.1) is 6.58 Å². The fraction of sp³-hybridized carbons (Fsp3) is 0.730. The molecule has 0 amide bonds. The van der Waals surface area contributed by atoms with E-state index in [9.17, 15) is 0 Å². The Bertz CT molecular complexity index is 1170. The van der Waals surface area contributed by atoms with Crippen LogP contribution in [0.25, 0.3) is 0 Å². The lowest BCUT2D eigenvalue weighted by molar-refractivity contribution is -0.312. The summed E-state index contributed by atoms with van der Waals surface area (Å²) in [6.45, 7) is 18.5. The minimum absolute atomic E-state index is 0.114. The Balaban J connectivity index is 1.21. The van der Waals surface area contributed by atoms with Gasteiger partial charge < -0.3 is 18.9 Å². The Morgan fingerprint density at radius 1 is 0.780 bits per heavy atom. The SMILES string of the molecule is C=CC1CCC2C3CCC4CC5(CCC4=C3C(c3ccc(C4COC(C)(C)OC4)cc3)CC12C)OCC(C)(C)CO5. The van der Waals surface area contributed by atoms with Crippen LogP contribution in [0.4, 0.5) is 0 Å². The summed E-state index contributed by atoms with van der Waals surface area (Å²) < 4.78 is 25.1. The highest BCUT2D eigenvalue weighted by Crippen LogP contribution is 2.66. The van der Waals surface area contributed by atoms with Crippen molar-refractivity contribution >= 4 is 0 Å². The average molecular weight is 561 g/mol. The third kappa shape index (κ3) is 4.89. The van der Waals surface area contributed by atoms with E-state index in [1.807, 2.05) is 19.4 Å². The molecule has 1 aromatic carbocycles. The second kappa shape index (κ2) is 10.0. The molecule has 6 unspecified atom stereocenters. The zero-order valence-electron chi connectivity index (χ0n) is 26.2. The summed E-state index contributed by atoms with van der Waals surface area (Å²) in [5.41, 5.74) is 6.88. The smallest absolute Gasteiger partial charge is 0.169 e. The van der Waals surface area contributed by atoms with E-state index in [1.165, 1.54) is 43.2 Å². The third-order valence-corrected chi connectivity index (χ3v) is 12.2. The number of allylic oxidation sites excluding steroid dienone is 3. The zero-order valence-corrected chi connectivity index (χ0v) is 26.2. The largest absolute Gasteiger partial charge is 0.350 e.